The average molecular weight is 261 g/mol. The van der Waals surface area contributed by atoms with E-state index in [1.807, 2.05) is 11.8 Å². The second-order valence-electron chi connectivity index (χ2n) is 5.41. The lowest BCUT2D eigenvalue weighted by Gasteiger charge is -2.37. The molecule has 1 heterocycles. The molecule has 2 atom stereocenters. The summed E-state index contributed by atoms with van der Waals surface area (Å²) in [6, 6.07) is 5.28. The van der Waals surface area contributed by atoms with Crippen LogP contribution in [-0.4, -0.2) is 41.2 Å². The van der Waals surface area contributed by atoms with Crippen molar-refractivity contribution in [3.8, 4) is 5.75 Å². The number of aromatic hydroxyl groups is 1. The van der Waals surface area contributed by atoms with E-state index in [0.717, 1.165) is 24.8 Å². The minimum Gasteiger partial charge on any atom is -0.508 e. The fraction of sp³-hybridized carbons (Fsp3) is 0.533. The molecule has 0 aromatic heterocycles. The van der Waals surface area contributed by atoms with E-state index in [1.54, 1.807) is 18.2 Å². The SMILES string of the molecule is Cc1cc(C(=O)N2CCOC3CCCC32)ccc1O. The van der Waals surface area contributed by atoms with Crippen molar-refractivity contribution in [1.82, 2.24) is 4.90 Å². The zero-order chi connectivity index (χ0) is 13.4. The largest absolute Gasteiger partial charge is 0.508 e. The van der Waals surface area contributed by atoms with Crippen molar-refractivity contribution in [2.75, 3.05) is 13.2 Å². The van der Waals surface area contributed by atoms with Crippen molar-refractivity contribution >= 4 is 5.91 Å². The number of phenolic OH excluding ortho intramolecular Hbond substituents is 1. The van der Waals surface area contributed by atoms with E-state index in [0.29, 0.717) is 18.7 Å². The van der Waals surface area contributed by atoms with Crippen LogP contribution in [0.3, 0.4) is 0 Å². The number of carbonyl (C=O) groups excluding carboxylic acids is 1. The van der Waals surface area contributed by atoms with Crippen molar-refractivity contribution < 1.29 is 14.6 Å². The van der Waals surface area contributed by atoms with Gasteiger partial charge in [-0.15, -0.1) is 0 Å². The van der Waals surface area contributed by atoms with Gasteiger partial charge in [-0.05, 0) is 49.9 Å². The Labute approximate surface area is 113 Å². The van der Waals surface area contributed by atoms with Gasteiger partial charge in [0.2, 0.25) is 0 Å². The predicted octanol–water partition coefficient (Wildman–Crippen LogP) is 2.09. The van der Waals surface area contributed by atoms with Crippen LogP contribution < -0.4 is 0 Å². The Morgan fingerprint density at radius 2 is 2.26 bits per heavy atom. The summed E-state index contributed by atoms with van der Waals surface area (Å²) >= 11 is 0. The third-order valence-corrected chi connectivity index (χ3v) is 4.19. The average Bonchev–Trinajstić information content (AvgIpc) is 2.89. The smallest absolute Gasteiger partial charge is 0.254 e. The van der Waals surface area contributed by atoms with Crippen LogP contribution in [0.2, 0.25) is 0 Å². The topological polar surface area (TPSA) is 49.8 Å². The van der Waals surface area contributed by atoms with E-state index in [2.05, 4.69) is 0 Å². The van der Waals surface area contributed by atoms with E-state index < -0.39 is 0 Å². The molecular weight excluding hydrogens is 242 g/mol. The third-order valence-electron chi connectivity index (χ3n) is 4.19. The lowest BCUT2D eigenvalue weighted by molar-refractivity contribution is -0.0445. The van der Waals surface area contributed by atoms with Crippen LogP contribution in [0.5, 0.6) is 5.75 Å². The van der Waals surface area contributed by atoms with Gasteiger partial charge in [-0.25, -0.2) is 0 Å². The summed E-state index contributed by atoms with van der Waals surface area (Å²) in [7, 11) is 0. The fourth-order valence-corrected chi connectivity index (χ4v) is 3.13. The first-order valence-corrected chi connectivity index (χ1v) is 6.89. The molecule has 2 unspecified atom stereocenters. The number of ether oxygens (including phenoxy) is 1. The highest BCUT2D eigenvalue weighted by Gasteiger charge is 2.38. The summed E-state index contributed by atoms with van der Waals surface area (Å²) in [4.78, 5) is 14.5. The molecule has 1 saturated carbocycles. The van der Waals surface area contributed by atoms with Crippen molar-refractivity contribution in [2.45, 2.75) is 38.3 Å². The summed E-state index contributed by atoms with van der Waals surface area (Å²) in [5.74, 6) is 0.292. The number of amides is 1. The van der Waals surface area contributed by atoms with Crippen LogP contribution in [0.1, 0.15) is 35.2 Å². The molecule has 1 aliphatic carbocycles. The van der Waals surface area contributed by atoms with Gasteiger partial charge in [0.1, 0.15) is 5.75 Å². The predicted molar refractivity (Wildman–Crippen MR) is 71.3 cm³/mol. The number of hydrogen-bond donors (Lipinski definition) is 1. The van der Waals surface area contributed by atoms with Gasteiger partial charge in [-0.1, -0.05) is 0 Å². The Hall–Kier alpha value is -1.55. The van der Waals surface area contributed by atoms with Crippen LogP contribution in [0.15, 0.2) is 18.2 Å². The van der Waals surface area contributed by atoms with E-state index in [-0.39, 0.29) is 23.8 Å². The summed E-state index contributed by atoms with van der Waals surface area (Å²) in [6.45, 7) is 3.10. The van der Waals surface area contributed by atoms with Crippen molar-refractivity contribution in [3.63, 3.8) is 0 Å². The van der Waals surface area contributed by atoms with Gasteiger partial charge in [0.15, 0.2) is 0 Å². The first kappa shape index (κ1) is 12.5. The Balaban J connectivity index is 1.84. The quantitative estimate of drug-likeness (QED) is 0.842. The molecule has 4 heteroatoms. The third kappa shape index (κ3) is 2.21. The number of benzene rings is 1. The van der Waals surface area contributed by atoms with Gasteiger partial charge in [0.05, 0.1) is 18.8 Å². The first-order chi connectivity index (χ1) is 9.16. The number of rotatable bonds is 1. The first-order valence-electron chi connectivity index (χ1n) is 6.89. The summed E-state index contributed by atoms with van der Waals surface area (Å²) in [6.07, 6.45) is 3.44. The summed E-state index contributed by atoms with van der Waals surface area (Å²) < 4.78 is 5.73. The number of carbonyl (C=O) groups is 1. The molecule has 19 heavy (non-hydrogen) atoms. The summed E-state index contributed by atoms with van der Waals surface area (Å²) in [5.41, 5.74) is 1.39. The zero-order valence-electron chi connectivity index (χ0n) is 11.1. The molecule has 102 valence electrons. The Morgan fingerprint density at radius 3 is 3.05 bits per heavy atom. The maximum absolute atomic E-state index is 12.6. The molecule has 4 nitrogen and oxygen atoms in total. The van der Waals surface area contributed by atoms with E-state index >= 15 is 0 Å². The molecule has 1 aliphatic heterocycles. The fourth-order valence-electron chi connectivity index (χ4n) is 3.13. The number of nitrogens with zero attached hydrogens (tertiary/aromatic N) is 1. The lowest BCUT2D eigenvalue weighted by Crippen LogP contribution is -2.51. The maximum atomic E-state index is 12.6. The molecule has 0 radical (unpaired) electrons. The van der Waals surface area contributed by atoms with E-state index in [9.17, 15) is 9.90 Å². The summed E-state index contributed by atoms with van der Waals surface area (Å²) in [5, 5.41) is 9.54. The number of hydrogen-bond acceptors (Lipinski definition) is 3. The van der Waals surface area contributed by atoms with Crippen LogP contribution >= 0.6 is 0 Å². The van der Waals surface area contributed by atoms with Gasteiger partial charge in [0, 0.05) is 12.1 Å². The number of aryl methyl sites for hydroxylation is 1. The number of phenols is 1. The van der Waals surface area contributed by atoms with E-state index in [4.69, 9.17) is 4.74 Å². The van der Waals surface area contributed by atoms with Crippen molar-refractivity contribution in [1.29, 1.82) is 0 Å². The van der Waals surface area contributed by atoms with Gasteiger partial charge < -0.3 is 14.7 Å². The van der Waals surface area contributed by atoms with Crippen LogP contribution in [0, 0.1) is 6.92 Å². The molecule has 2 aliphatic rings. The molecule has 1 aromatic rings. The monoisotopic (exact) mass is 261 g/mol. The highest BCUT2D eigenvalue weighted by molar-refractivity contribution is 5.95. The highest BCUT2D eigenvalue weighted by Crippen LogP contribution is 2.31. The number of morpholine rings is 1. The normalized spacial score (nSPS) is 26.3. The van der Waals surface area contributed by atoms with Crippen molar-refractivity contribution in [2.24, 2.45) is 0 Å². The molecule has 3 rings (SSSR count). The molecular formula is C15H19NO3. The van der Waals surface area contributed by atoms with Gasteiger partial charge in [0.25, 0.3) is 5.91 Å². The molecule has 1 saturated heterocycles. The van der Waals surface area contributed by atoms with Crippen LogP contribution in [-0.2, 0) is 4.74 Å². The lowest BCUT2D eigenvalue weighted by atomic mass is 10.1. The van der Waals surface area contributed by atoms with Gasteiger partial charge >= 0.3 is 0 Å². The van der Waals surface area contributed by atoms with Gasteiger partial charge in [-0.2, -0.15) is 0 Å². The highest BCUT2D eigenvalue weighted by atomic mass is 16.5. The molecule has 2 fully saturated rings. The second kappa shape index (κ2) is 4.85. The van der Waals surface area contributed by atoms with Crippen molar-refractivity contribution in [3.05, 3.63) is 29.3 Å². The molecule has 0 bridgehead atoms. The van der Waals surface area contributed by atoms with Gasteiger partial charge in [-0.3, -0.25) is 4.79 Å². The van der Waals surface area contributed by atoms with Crippen LogP contribution in [0.25, 0.3) is 0 Å². The molecule has 1 aromatic carbocycles. The Bertz CT molecular complexity index is 500. The standard InChI is InChI=1S/C15H19NO3/c1-10-9-11(5-6-13(10)17)15(18)16-7-8-19-14-4-2-3-12(14)16/h5-6,9,12,14,17H,2-4,7-8H2,1H3. The second-order valence-corrected chi connectivity index (χ2v) is 5.41. The Kier molecular flexibility index (Phi) is 3.19. The minimum absolute atomic E-state index is 0.0586. The minimum atomic E-state index is 0.0586. The molecule has 0 spiro atoms. The molecule has 1 amide bonds. The van der Waals surface area contributed by atoms with Crippen LogP contribution in [0.4, 0.5) is 0 Å². The number of fused-ring (bicyclic) bond motifs is 1. The zero-order valence-corrected chi connectivity index (χ0v) is 11.1. The van der Waals surface area contributed by atoms with E-state index in [1.165, 1.54) is 0 Å². The molecule has 1 N–H and O–H groups in total. The maximum Gasteiger partial charge on any atom is 0.254 e. The Morgan fingerprint density at radius 1 is 1.42 bits per heavy atom.